The second-order valence-corrected chi connectivity index (χ2v) is 4.01. The Bertz CT molecular complexity index is 174. The molecule has 16 heavy (non-hydrogen) atoms. The molecule has 0 spiro atoms. The minimum absolute atomic E-state index is 0.0202. The van der Waals surface area contributed by atoms with Gasteiger partial charge in [0, 0.05) is 13.7 Å². The van der Waals surface area contributed by atoms with Gasteiger partial charge in [-0.25, -0.2) is 0 Å². The monoisotopic (exact) mass is 231 g/mol. The van der Waals surface area contributed by atoms with Gasteiger partial charge < -0.3 is 15.2 Å². The van der Waals surface area contributed by atoms with E-state index in [4.69, 9.17) is 5.11 Å². The molecule has 2 N–H and O–H groups in total. The smallest absolute Gasteiger partial charge is 0.225 e. The molecular formula is C12H25NO3. The van der Waals surface area contributed by atoms with Crippen LogP contribution in [0.3, 0.4) is 0 Å². The van der Waals surface area contributed by atoms with E-state index in [0.717, 1.165) is 12.8 Å². The van der Waals surface area contributed by atoms with Crippen LogP contribution in [0.5, 0.6) is 0 Å². The second kappa shape index (κ2) is 10.9. The molecule has 0 saturated heterocycles. The van der Waals surface area contributed by atoms with Gasteiger partial charge in [-0.05, 0) is 6.42 Å². The van der Waals surface area contributed by atoms with Crippen molar-refractivity contribution in [3.8, 4) is 0 Å². The molecule has 96 valence electrons. The van der Waals surface area contributed by atoms with Crippen molar-refractivity contribution in [1.29, 1.82) is 0 Å². The van der Waals surface area contributed by atoms with E-state index >= 15 is 0 Å². The number of aliphatic hydroxyl groups excluding tert-OH is 1. The highest BCUT2D eigenvalue weighted by Gasteiger charge is 2.07. The summed E-state index contributed by atoms with van der Waals surface area (Å²) in [4.78, 5) is 11.2. The van der Waals surface area contributed by atoms with Crippen molar-refractivity contribution in [2.24, 2.45) is 0 Å². The van der Waals surface area contributed by atoms with E-state index in [2.05, 4.69) is 17.0 Å². The Hall–Kier alpha value is -0.610. The van der Waals surface area contributed by atoms with Gasteiger partial charge in [0.1, 0.15) is 0 Å². The minimum Gasteiger partial charge on any atom is -0.368 e. The highest BCUT2D eigenvalue weighted by molar-refractivity contribution is 5.76. The number of amides is 1. The predicted octanol–water partition coefficient (Wildman–Crippen LogP) is 1.82. The zero-order chi connectivity index (χ0) is 12.2. The van der Waals surface area contributed by atoms with Crippen LogP contribution in [0, 0.1) is 0 Å². The van der Waals surface area contributed by atoms with Gasteiger partial charge in [0.05, 0.1) is 6.42 Å². The molecule has 0 heterocycles. The van der Waals surface area contributed by atoms with Crippen molar-refractivity contribution < 1.29 is 14.6 Å². The number of unbranched alkanes of at least 4 members (excludes halogenated alkanes) is 5. The second-order valence-electron chi connectivity index (χ2n) is 4.01. The highest BCUT2D eigenvalue weighted by atomic mass is 16.6. The van der Waals surface area contributed by atoms with Crippen molar-refractivity contribution in [2.45, 2.75) is 58.2 Å². The van der Waals surface area contributed by atoms with Gasteiger partial charge in [-0.15, -0.1) is 0 Å². The van der Waals surface area contributed by atoms with E-state index < -0.39 is 6.29 Å². The number of aliphatic hydroxyl groups is 1. The molecule has 4 heteroatoms. The van der Waals surface area contributed by atoms with Crippen LogP contribution in [0.4, 0.5) is 0 Å². The molecular weight excluding hydrogens is 206 g/mol. The lowest BCUT2D eigenvalue weighted by Gasteiger charge is -2.08. The van der Waals surface area contributed by atoms with Crippen LogP contribution in [-0.4, -0.2) is 31.0 Å². The van der Waals surface area contributed by atoms with Gasteiger partial charge in [-0.2, -0.15) is 0 Å². The molecule has 0 aromatic heterocycles. The number of nitrogens with one attached hydrogen (secondary N) is 1. The Labute approximate surface area is 98.4 Å². The van der Waals surface area contributed by atoms with E-state index in [1.54, 1.807) is 0 Å². The molecule has 0 saturated carbocycles. The largest absolute Gasteiger partial charge is 0.368 e. The van der Waals surface area contributed by atoms with Crippen molar-refractivity contribution in [3.63, 3.8) is 0 Å². The number of hydrogen-bond acceptors (Lipinski definition) is 3. The summed E-state index contributed by atoms with van der Waals surface area (Å²) in [6, 6.07) is 0. The van der Waals surface area contributed by atoms with Gasteiger partial charge in [0.25, 0.3) is 0 Å². The molecule has 0 aliphatic heterocycles. The Morgan fingerprint density at radius 2 is 1.88 bits per heavy atom. The van der Waals surface area contributed by atoms with Gasteiger partial charge in [-0.3, -0.25) is 4.79 Å². The first-order valence-electron chi connectivity index (χ1n) is 6.18. The van der Waals surface area contributed by atoms with Crippen molar-refractivity contribution in [2.75, 3.05) is 13.7 Å². The van der Waals surface area contributed by atoms with Crippen molar-refractivity contribution >= 4 is 5.91 Å². The minimum atomic E-state index is -0.982. The zero-order valence-electron chi connectivity index (χ0n) is 10.5. The highest BCUT2D eigenvalue weighted by Crippen LogP contribution is 2.04. The lowest BCUT2D eigenvalue weighted by molar-refractivity contribution is -0.133. The third kappa shape index (κ3) is 9.93. The molecule has 0 aliphatic carbocycles. The summed E-state index contributed by atoms with van der Waals surface area (Å²) >= 11 is 0. The predicted molar refractivity (Wildman–Crippen MR) is 64.0 cm³/mol. The Balaban J connectivity index is 3.21. The summed E-state index contributed by atoms with van der Waals surface area (Å²) in [7, 11) is 1.38. The maximum Gasteiger partial charge on any atom is 0.225 e. The molecule has 1 atom stereocenters. The van der Waals surface area contributed by atoms with Crippen LogP contribution in [0.1, 0.15) is 51.9 Å². The van der Waals surface area contributed by atoms with Gasteiger partial charge in [-0.1, -0.05) is 39.0 Å². The molecule has 0 radical (unpaired) electrons. The average Bonchev–Trinajstić information content (AvgIpc) is 2.27. The summed E-state index contributed by atoms with van der Waals surface area (Å²) in [6.45, 7) is 2.89. The van der Waals surface area contributed by atoms with Crippen LogP contribution in [0.2, 0.25) is 0 Å². The molecule has 1 unspecified atom stereocenters. The first-order chi connectivity index (χ1) is 7.70. The number of carbonyl (C=O) groups excluding carboxylic acids is 1. The van der Waals surface area contributed by atoms with Crippen LogP contribution < -0.4 is 5.32 Å². The van der Waals surface area contributed by atoms with E-state index in [-0.39, 0.29) is 12.3 Å². The number of carbonyl (C=O) groups is 1. The molecule has 4 nitrogen and oxygen atoms in total. The van der Waals surface area contributed by atoms with Crippen LogP contribution >= 0.6 is 0 Å². The lowest BCUT2D eigenvalue weighted by Crippen LogP contribution is -2.28. The number of hydrogen-bond donors (Lipinski definition) is 2. The summed E-state index contributed by atoms with van der Waals surface area (Å²) < 4.78 is 4.59. The van der Waals surface area contributed by atoms with Gasteiger partial charge >= 0.3 is 0 Å². The van der Waals surface area contributed by atoms with E-state index in [1.165, 1.54) is 32.8 Å². The number of ether oxygens (including phenoxy) is 1. The standard InChI is InChI=1S/C12H25NO3/c1-3-4-5-6-7-8-9-13-11(14)10-12(15)16-2/h12,15H,3-10H2,1-2H3,(H,13,14). The van der Waals surface area contributed by atoms with E-state index in [9.17, 15) is 4.79 Å². The summed E-state index contributed by atoms with van der Waals surface area (Å²) in [5.74, 6) is -0.150. The van der Waals surface area contributed by atoms with Crippen LogP contribution in [-0.2, 0) is 9.53 Å². The Morgan fingerprint density at radius 1 is 1.25 bits per heavy atom. The SMILES string of the molecule is CCCCCCCCNC(=O)CC(O)OC. The van der Waals surface area contributed by atoms with E-state index in [0.29, 0.717) is 6.54 Å². The summed E-state index contributed by atoms with van der Waals surface area (Å²) in [6.07, 6.45) is 6.29. The molecule has 0 bridgehead atoms. The topological polar surface area (TPSA) is 58.6 Å². The summed E-state index contributed by atoms with van der Waals surface area (Å²) in [5, 5.41) is 11.8. The molecule has 1 amide bonds. The van der Waals surface area contributed by atoms with Gasteiger partial charge in [0.2, 0.25) is 5.91 Å². The lowest BCUT2D eigenvalue weighted by atomic mass is 10.1. The maximum absolute atomic E-state index is 11.2. The van der Waals surface area contributed by atoms with Gasteiger partial charge in [0.15, 0.2) is 6.29 Å². The molecule has 0 aromatic rings. The molecule has 0 rings (SSSR count). The quantitative estimate of drug-likeness (QED) is 0.445. The zero-order valence-corrected chi connectivity index (χ0v) is 10.5. The summed E-state index contributed by atoms with van der Waals surface area (Å²) in [5.41, 5.74) is 0. The molecule has 0 aliphatic rings. The average molecular weight is 231 g/mol. The fourth-order valence-electron chi connectivity index (χ4n) is 1.45. The van der Waals surface area contributed by atoms with E-state index in [1.807, 2.05) is 0 Å². The first kappa shape index (κ1) is 15.4. The maximum atomic E-state index is 11.2. The number of rotatable bonds is 10. The molecule has 0 aromatic carbocycles. The van der Waals surface area contributed by atoms with Crippen LogP contribution in [0.25, 0.3) is 0 Å². The normalized spacial score (nSPS) is 12.4. The fourth-order valence-corrected chi connectivity index (χ4v) is 1.45. The Morgan fingerprint density at radius 3 is 2.50 bits per heavy atom. The third-order valence-corrected chi connectivity index (χ3v) is 2.48. The van der Waals surface area contributed by atoms with Crippen molar-refractivity contribution in [3.05, 3.63) is 0 Å². The first-order valence-corrected chi connectivity index (χ1v) is 6.18. The molecule has 0 fully saturated rings. The van der Waals surface area contributed by atoms with Crippen LogP contribution in [0.15, 0.2) is 0 Å². The Kier molecular flexibility index (Phi) is 10.5. The number of methoxy groups -OCH3 is 1. The third-order valence-electron chi connectivity index (χ3n) is 2.48. The van der Waals surface area contributed by atoms with Crippen molar-refractivity contribution in [1.82, 2.24) is 5.32 Å². The fraction of sp³-hybridized carbons (Fsp3) is 0.917.